The Hall–Kier alpha value is -1.09. The van der Waals surface area contributed by atoms with Crippen molar-refractivity contribution in [1.82, 2.24) is 0 Å². The lowest BCUT2D eigenvalue weighted by atomic mass is 10.2. The Kier molecular flexibility index (Phi) is 5.26. The molecule has 1 aromatic rings. The number of benzene rings is 1. The predicted octanol–water partition coefficient (Wildman–Crippen LogP) is 2.77. The molecule has 0 atom stereocenters. The van der Waals surface area contributed by atoms with Crippen LogP contribution >= 0.6 is 11.6 Å². The van der Waals surface area contributed by atoms with Crippen molar-refractivity contribution < 1.29 is 0 Å². The van der Waals surface area contributed by atoms with Crippen LogP contribution in [0.5, 0.6) is 0 Å². The molecule has 0 unspecified atom stereocenters. The topological polar surface area (TPSA) is 41.3 Å². The van der Waals surface area contributed by atoms with Gasteiger partial charge >= 0.3 is 0 Å². The summed E-state index contributed by atoms with van der Waals surface area (Å²) in [5, 5.41) is 3.06. The smallest absolute Gasteiger partial charge is 0.0572 e. The summed E-state index contributed by atoms with van der Waals surface area (Å²) < 4.78 is 0. The van der Waals surface area contributed by atoms with E-state index in [0.29, 0.717) is 5.88 Å². The molecule has 1 rings (SSSR count). The third-order valence-electron chi connectivity index (χ3n) is 2.52. The van der Waals surface area contributed by atoms with Gasteiger partial charge in [-0.3, -0.25) is 0 Å². The van der Waals surface area contributed by atoms with Crippen molar-refractivity contribution in [2.45, 2.75) is 13.3 Å². The van der Waals surface area contributed by atoms with E-state index in [1.807, 2.05) is 19.2 Å². The number of halogens is 1. The largest absolute Gasteiger partial charge is 0.397 e. The first-order valence-corrected chi connectivity index (χ1v) is 6.14. The quantitative estimate of drug-likeness (QED) is 0.595. The van der Waals surface area contributed by atoms with Crippen LogP contribution in [0.1, 0.15) is 13.3 Å². The minimum atomic E-state index is 0.633. The molecule has 0 aromatic heterocycles. The summed E-state index contributed by atoms with van der Waals surface area (Å²) >= 11 is 5.79. The Labute approximate surface area is 103 Å². The van der Waals surface area contributed by atoms with Crippen molar-refractivity contribution in [3.05, 3.63) is 18.2 Å². The van der Waals surface area contributed by atoms with Gasteiger partial charge in [-0.2, -0.15) is 0 Å². The van der Waals surface area contributed by atoms with E-state index in [-0.39, 0.29) is 0 Å². The van der Waals surface area contributed by atoms with E-state index < -0.39 is 0 Å². The number of nitrogens with two attached hydrogens (primary N) is 1. The summed E-state index contributed by atoms with van der Waals surface area (Å²) in [7, 11) is 1.87. The minimum Gasteiger partial charge on any atom is -0.397 e. The van der Waals surface area contributed by atoms with Gasteiger partial charge in [0.1, 0.15) is 0 Å². The van der Waals surface area contributed by atoms with Gasteiger partial charge < -0.3 is 16.0 Å². The maximum Gasteiger partial charge on any atom is 0.0572 e. The van der Waals surface area contributed by atoms with Crippen LogP contribution < -0.4 is 16.0 Å². The van der Waals surface area contributed by atoms with Gasteiger partial charge in [0.25, 0.3) is 0 Å². The zero-order valence-electron chi connectivity index (χ0n) is 9.96. The van der Waals surface area contributed by atoms with E-state index in [1.165, 1.54) is 0 Å². The summed E-state index contributed by atoms with van der Waals surface area (Å²) in [6.45, 7) is 4.02. The molecule has 0 radical (unpaired) electrons. The maximum absolute atomic E-state index is 5.94. The van der Waals surface area contributed by atoms with Crippen molar-refractivity contribution in [2.24, 2.45) is 0 Å². The standard InChI is InChI=1S/C12H20ClN3/c1-3-7-16(8-6-13)10-4-5-12(15-2)11(14)9-10/h4-5,9,15H,3,6-8,14H2,1-2H3. The van der Waals surface area contributed by atoms with Crippen molar-refractivity contribution in [3.63, 3.8) is 0 Å². The first-order valence-electron chi connectivity index (χ1n) is 5.61. The zero-order chi connectivity index (χ0) is 12.0. The average molecular weight is 242 g/mol. The van der Waals surface area contributed by atoms with Crippen molar-refractivity contribution >= 4 is 28.7 Å². The van der Waals surface area contributed by atoms with Gasteiger partial charge in [0.05, 0.1) is 11.4 Å². The lowest BCUT2D eigenvalue weighted by Crippen LogP contribution is -2.26. The second-order valence-corrected chi connectivity index (χ2v) is 4.08. The van der Waals surface area contributed by atoms with Crippen LogP contribution in [0.15, 0.2) is 18.2 Å². The Bertz CT molecular complexity index is 322. The van der Waals surface area contributed by atoms with Gasteiger partial charge in [0.2, 0.25) is 0 Å². The number of hydrogen-bond acceptors (Lipinski definition) is 3. The molecule has 3 nitrogen and oxygen atoms in total. The van der Waals surface area contributed by atoms with Gasteiger partial charge in [0, 0.05) is 31.7 Å². The Morgan fingerprint density at radius 3 is 2.62 bits per heavy atom. The fraction of sp³-hybridized carbons (Fsp3) is 0.500. The number of alkyl halides is 1. The van der Waals surface area contributed by atoms with Crippen LogP contribution in [-0.2, 0) is 0 Å². The highest BCUT2D eigenvalue weighted by Crippen LogP contribution is 2.25. The molecular formula is C12H20ClN3. The monoisotopic (exact) mass is 241 g/mol. The number of nitrogens with one attached hydrogen (secondary N) is 1. The Morgan fingerprint density at radius 1 is 1.38 bits per heavy atom. The highest BCUT2D eigenvalue weighted by molar-refractivity contribution is 6.18. The van der Waals surface area contributed by atoms with Gasteiger partial charge in [0.15, 0.2) is 0 Å². The van der Waals surface area contributed by atoms with Crippen LogP contribution in [0.2, 0.25) is 0 Å². The fourth-order valence-electron chi connectivity index (χ4n) is 1.72. The zero-order valence-corrected chi connectivity index (χ0v) is 10.7. The van der Waals surface area contributed by atoms with Crippen molar-refractivity contribution in [1.29, 1.82) is 0 Å². The lowest BCUT2D eigenvalue weighted by molar-refractivity contribution is 0.794. The van der Waals surface area contributed by atoms with Gasteiger partial charge in [-0.05, 0) is 24.6 Å². The predicted molar refractivity (Wildman–Crippen MR) is 73.6 cm³/mol. The highest BCUT2D eigenvalue weighted by Gasteiger charge is 2.06. The van der Waals surface area contributed by atoms with Crippen molar-refractivity contribution in [3.8, 4) is 0 Å². The van der Waals surface area contributed by atoms with E-state index in [2.05, 4.69) is 23.2 Å². The molecule has 0 heterocycles. The maximum atomic E-state index is 5.94. The average Bonchev–Trinajstić information content (AvgIpc) is 2.28. The Balaban J connectivity index is 2.87. The second-order valence-electron chi connectivity index (χ2n) is 3.70. The normalized spacial score (nSPS) is 10.2. The molecule has 0 fully saturated rings. The summed E-state index contributed by atoms with van der Waals surface area (Å²) in [6.07, 6.45) is 1.10. The van der Waals surface area contributed by atoms with Crippen LogP contribution in [-0.4, -0.2) is 26.0 Å². The molecule has 1 aromatic carbocycles. The van der Waals surface area contributed by atoms with Gasteiger partial charge in [-0.25, -0.2) is 0 Å². The van der Waals surface area contributed by atoms with Gasteiger partial charge in [-0.15, -0.1) is 11.6 Å². The molecule has 0 saturated heterocycles. The first kappa shape index (κ1) is 13.0. The molecule has 4 heteroatoms. The number of nitrogen functional groups attached to an aromatic ring is 1. The van der Waals surface area contributed by atoms with E-state index in [9.17, 15) is 0 Å². The number of anilines is 3. The van der Waals surface area contributed by atoms with E-state index in [4.69, 9.17) is 17.3 Å². The number of nitrogens with zero attached hydrogens (tertiary/aromatic N) is 1. The molecule has 0 bridgehead atoms. The summed E-state index contributed by atoms with van der Waals surface area (Å²) in [6, 6.07) is 6.07. The van der Waals surface area contributed by atoms with Crippen LogP contribution in [0.25, 0.3) is 0 Å². The Morgan fingerprint density at radius 2 is 2.12 bits per heavy atom. The molecule has 0 aliphatic carbocycles. The first-order chi connectivity index (χ1) is 7.72. The number of hydrogen-bond donors (Lipinski definition) is 2. The lowest BCUT2D eigenvalue weighted by Gasteiger charge is -2.24. The van der Waals surface area contributed by atoms with Crippen LogP contribution in [0, 0.1) is 0 Å². The summed E-state index contributed by atoms with van der Waals surface area (Å²) in [4.78, 5) is 2.25. The molecule has 3 N–H and O–H groups in total. The second kappa shape index (κ2) is 6.48. The molecule has 16 heavy (non-hydrogen) atoms. The van der Waals surface area contributed by atoms with E-state index in [1.54, 1.807) is 0 Å². The SMILES string of the molecule is CCCN(CCCl)c1ccc(NC)c(N)c1. The summed E-state index contributed by atoms with van der Waals surface area (Å²) in [5.74, 6) is 0.633. The summed E-state index contributed by atoms with van der Waals surface area (Å²) in [5.41, 5.74) is 8.82. The van der Waals surface area contributed by atoms with Crippen LogP contribution in [0.4, 0.5) is 17.1 Å². The molecule has 90 valence electrons. The highest BCUT2D eigenvalue weighted by atomic mass is 35.5. The third-order valence-corrected chi connectivity index (χ3v) is 2.69. The fourth-order valence-corrected chi connectivity index (χ4v) is 1.92. The van der Waals surface area contributed by atoms with E-state index in [0.717, 1.165) is 36.6 Å². The van der Waals surface area contributed by atoms with Crippen LogP contribution in [0.3, 0.4) is 0 Å². The number of rotatable bonds is 6. The van der Waals surface area contributed by atoms with Crippen molar-refractivity contribution in [2.75, 3.05) is 42.0 Å². The molecule has 0 spiro atoms. The molecule has 0 amide bonds. The molecule has 0 aliphatic rings. The van der Waals surface area contributed by atoms with Gasteiger partial charge in [-0.1, -0.05) is 6.92 Å². The molecule has 0 saturated carbocycles. The third kappa shape index (κ3) is 3.20. The minimum absolute atomic E-state index is 0.633. The van der Waals surface area contributed by atoms with E-state index >= 15 is 0 Å². The molecule has 0 aliphatic heterocycles. The molecular weight excluding hydrogens is 222 g/mol.